The van der Waals surface area contributed by atoms with E-state index in [2.05, 4.69) is 9.97 Å². The number of fused-ring (bicyclic) bond motifs is 1. The molecule has 3 rings (SSSR count). The number of rotatable bonds is 3. The van der Waals surface area contributed by atoms with Crippen molar-refractivity contribution in [1.29, 1.82) is 0 Å². The highest BCUT2D eigenvalue weighted by Gasteiger charge is 2.15. The fourth-order valence-electron chi connectivity index (χ4n) is 1.96. The van der Waals surface area contributed by atoms with Crippen molar-refractivity contribution < 1.29 is 14.3 Å². The molecule has 0 aliphatic rings. The van der Waals surface area contributed by atoms with E-state index in [1.165, 1.54) is 6.07 Å². The molecular formula is C13H9FN2O2S. The highest BCUT2D eigenvalue weighted by atomic mass is 32.1. The molecule has 0 amide bonds. The number of imidazole rings is 1. The maximum Gasteiger partial charge on any atom is 0.338 e. The summed E-state index contributed by atoms with van der Waals surface area (Å²) in [6.45, 7) is 0. The van der Waals surface area contributed by atoms with Gasteiger partial charge < -0.3 is 10.1 Å². The highest BCUT2D eigenvalue weighted by molar-refractivity contribution is 7.09. The van der Waals surface area contributed by atoms with Gasteiger partial charge >= 0.3 is 5.97 Å². The van der Waals surface area contributed by atoms with Crippen molar-refractivity contribution >= 4 is 28.3 Å². The van der Waals surface area contributed by atoms with E-state index in [1.807, 2.05) is 17.5 Å². The summed E-state index contributed by atoms with van der Waals surface area (Å²) in [5.74, 6) is -1.14. The largest absolute Gasteiger partial charge is 0.478 e. The Kier molecular flexibility index (Phi) is 2.79. The van der Waals surface area contributed by atoms with E-state index in [9.17, 15) is 9.18 Å². The van der Waals surface area contributed by atoms with Crippen LogP contribution in [0.25, 0.3) is 11.0 Å². The zero-order valence-corrected chi connectivity index (χ0v) is 10.5. The van der Waals surface area contributed by atoms with Crippen LogP contribution in [0.15, 0.2) is 29.6 Å². The first kappa shape index (κ1) is 11.9. The molecule has 4 nitrogen and oxygen atoms in total. The Labute approximate surface area is 111 Å². The quantitative estimate of drug-likeness (QED) is 0.772. The number of hydrogen-bond donors (Lipinski definition) is 2. The molecule has 3 aromatic rings. The van der Waals surface area contributed by atoms with Crippen LogP contribution in [0, 0.1) is 5.82 Å². The number of carboxylic acids is 1. The lowest BCUT2D eigenvalue weighted by Gasteiger charge is -1.95. The Morgan fingerprint density at radius 2 is 2.32 bits per heavy atom. The summed E-state index contributed by atoms with van der Waals surface area (Å²) >= 11 is 1.59. The number of H-pyrrole nitrogens is 1. The van der Waals surface area contributed by atoms with Gasteiger partial charge in [-0.3, -0.25) is 0 Å². The minimum atomic E-state index is -1.18. The van der Waals surface area contributed by atoms with Gasteiger partial charge in [0, 0.05) is 11.3 Å². The number of carboxylic acid groups (broad SMARTS) is 1. The average molecular weight is 276 g/mol. The fraction of sp³-hybridized carbons (Fsp3) is 0.0769. The monoisotopic (exact) mass is 276 g/mol. The van der Waals surface area contributed by atoms with E-state index >= 15 is 0 Å². The molecule has 6 heteroatoms. The molecule has 2 heterocycles. The number of thiophene rings is 1. The Morgan fingerprint density at radius 3 is 3.00 bits per heavy atom. The van der Waals surface area contributed by atoms with Gasteiger partial charge in [-0.15, -0.1) is 11.3 Å². The number of halogens is 1. The van der Waals surface area contributed by atoms with E-state index < -0.39 is 11.8 Å². The number of aromatic amines is 1. The highest BCUT2D eigenvalue weighted by Crippen LogP contribution is 2.21. The van der Waals surface area contributed by atoms with Crippen LogP contribution in [0.3, 0.4) is 0 Å². The van der Waals surface area contributed by atoms with Crippen LogP contribution < -0.4 is 0 Å². The molecule has 19 heavy (non-hydrogen) atoms. The molecule has 0 saturated carbocycles. The van der Waals surface area contributed by atoms with Crippen LogP contribution in [0.2, 0.25) is 0 Å². The number of hydrogen-bond acceptors (Lipinski definition) is 3. The van der Waals surface area contributed by atoms with Gasteiger partial charge in [0.2, 0.25) is 0 Å². The Balaban J connectivity index is 2.09. The minimum absolute atomic E-state index is 0.122. The molecule has 0 aliphatic carbocycles. The van der Waals surface area contributed by atoms with Crippen molar-refractivity contribution in [1.82, 2.24) is 9.97 Å². The molecule has 96 valence electrons. The van der Waals surface area contributed by atoms with E-state index in [0.717, 1.165) is 10.9 Å². The molecule has 2 N–H and O–H groups in total. The van der Waals surface area contributed by atoms with Crippen LogP contribution in [0.5, 0.6) is 0 Å². The van der Waals surface area contributed by atoms with Gasteiger partial charge in [0.05, 0.1) is 11.1 Å². The molecule has 1 aromatic carbocycles. The molecule has 0 atom stereocenters. The predicted octanol–water partition coefficient (Wildman–Crippen LogP) is 3.05. The average Bonchev–Trinajstić information content (AvgIpc) is 2.97. The lowest BCUT2D eigenvalue weighted by atomic mass is 10.2. The SMILES string of the molecule is O=C(O)c1cc(F)cc2[nH]c(Cc3cccs3)nc12. The minimum Gasteiger partial charge on any atom is -0.478 e. The standard InChI is InChI=1S/C13H9FN2O2S/c14-7-4-9(13(17)18)12-10(5-7)15-11(16-12)6-8-2-1-3-19-8/h1-5H,6H2,(H,15,16)(H,17,18). The van der Waals surface area contributed by atoms with Crippen LogP contribution in [-0.2, 0) is 6.42 Å². The summed E-state index contributed by atoms with van der Waals surface area (Å²) in [7, 11) is 0. The van der Waals surface area contributed by atoms with Crippen molar-refractivity contribution in [2.24, 2.45) is 0 Å². The van der Waals surface area contributed by atoms with Crippen molar-refractivity contribution in [2.75, 3.05) is 0 Å². The van der Waals surface area contributed by atoms with E-state index in [4.69, 9.17) is 5.11 Å². The fourth-order valence-corrected chi connectivity index (χ4v) is 2.67. The number of benzene rings is 1. The third-order valence-electron chi connectivity index (χ3n) is 2.75. The molecule has 0 fully saturated rings. The number of nitrogens with one attached hydrogen (secondary N) is 1. The second kappa shape index (κ2) is 4.47. The molecule has 0 saturated heterocycles. The smallest absolute Gasteiger partial charge is 0.338 e. The lowest BCUT2D eigenvalue weighted by molar-refractivity contribution is 0.0698. The normalized spacial score (nSPS) is 11.0. The van der Waals surface area contributed by atoms with Gasteiger partial charge in [-0.2, -0.15) is 0 Å². The lowest BCUT2D eigenvalue weighted by Crippen LogP contribution is -1.98. The van der Waals surface area contributed by atoms with Gasteiger partial charge in [0.1, 0.15) is 17.2 Å². The number of carbonyl (C=O) groups is 1. The van der Waals surface area contributed by atoms with Crippen LogP contribution in [0.4, 0.5) is 4.39 Å². The second-order valence-electron chi connectivity index (χ2n) is 4.09. The molecule has 2 aromatic heterocycles. The summed E-state index contributed by atoms with van der Waals surface area (Å²) < 4.78 is 13.3. The van der Waals surface area contributed by atoms with Gasteiger partial charge in [-0.1, -0.05) is 6.07 Å². The molecule has 0 unspecified atom stereocenters. The van der Waals surface area contributed by atoms with Crippen molar-refractivity contribution in [3.05, 3.63) is 51.7 Å². The van der Waals surface area contributed by atoms with Crippen molar-refractivity contribution in [2.45, 2.75) is 6.42 Å². The van der Waals surface area contributed by atoms with Gasteiger partial charge in [-0.05, 0) is 23.6 Å². The second-order valence-corrected chi connectivity index (χ2v) is 5.13. The van der Waals surface area contributed by atoms with Crippen LogP contribution in [0.1, 0.15) is 21.1 Å². The predicted molar refractivity (Wildman–Crippen MR) is 70.1 cm³/mol. The number of aromatic nitrogens is 2. The molecule has 0 bridgehead atoms. The number of nitrogens with zero attached hydrogens (tertiary/aromatic N) is 1. The van der Waals surface area contributed by atoms with Crippen LogP contribution in [-0.4, -0.2) is 21.0 Å². The zero-order chi connectivity index (χ0) is 13.4. The Bertz CT molecular complexity index is 749. The molecule has 0 spiro atoms. The summed E-state index contributed by atoms with van der Waals surface area (Å²) in [5, 5.41) is 11.0. The van der Waals surface area contributed by atoms with Gasteiger partial charge in [0.15, 0.2) is 0 Å². The molecular weight excluding hydrogens is 267 g/mol. The zero-order valence-electron chi connectivity index (χ0n) is 9.68. The van der Waals surface area contributed by atoms with Gasteiger partial charge in [-0.25, -0.2) is 14.2 Å². The first-order valence-electron chi connectivity index (χ1n) is 5.57. The van der Waals surface area contributed by atoms with Crippen LogP contribution >= 0.6 is 11.3 Å². The third-order valence-corrected chi connectivity index (χ3v) is 3.63. The first-order chi connectivity index (χ1) is 9.13. The van der Waals surface area contributed by atoms with E-state index in [1.54, 1.807) is 11.3 Å². The Morgan fingerprint density at radius 1 is 1.47 bits per heavy atom. The maximum absolute atomic E-state index is 13.3. The molecule has 0 radical (unpaired) electrons. The summed E-state index contributed by atoms with van der Waals surface area (Å²) in [5.41, 5.74) is 0.577. The third kappa shape index (κ3) is 2.22. The first-order valence-corrected chi connectivity index (χ1v) is 6.45. The van der Waals surface area contributed by atoms with E-state index in [-0.39, 0.29) is 5.56 Å². The summed E-state index contributed by atoms with van der Waals surface area (Å²) in [6.07, 6.45) is 0.576. The summed E-state index contributed by atoms with van der Waals surface area (Å²) in [4.78, 5) is 19.4. The Hall–Kier alpha value is -2.21. The van der Waals surface area contributed by atoms with E-state index in [0.29, 0.717) is 23.3 Å². The van der Waals surface area contributed by atoms with Crippen molar-refractivity contribution in [3.8, 4) is 0 Å². The number of aromatic carboxylic acids is 1. The molecule has 0 aliphatic heterocycles. The van der Waals surface area contributed by atoms with Gasteiger partial charge in [0.25, 0.3) is 0 Å². The maximum atomic E-state index is 13.3. The topological polar surface area (TPSA) is 66.0 Å². The van der Waals surface area contributed by atoms with Crippen molar-refractivity contribution in [3.63, 3.8) is 0 Å². The summed E-state index contributed by atoms with van der Waals surface area (Å²) in [6, 6.07) is 6.15.